The van der Waals surface area contributed by atoms with Gasteiger partial charge in [0.2, 0.25) is 10.0 Å². The highest BCUT2D eigenvalue weighted by Gasteiger charge is 2.28. The van der Waals surface area contributed by atoms with Crippen molar-refractivity contribution >= 4 is 15.9 Å². The number of aryl methyl sites for hydroxylation is 1. The van der Waals surface area contributed by atoms with Gasteiger partial charge in [0, 0.05) is 32.4 Å². The van der Waals surface area contributed by atoms with Crippen LogP contribution in [0, 0.1) is 18.3 Å². The number of piperazine rings is 1. The molecule has 2 aromatic rings. The van der Waals surface area contributed by atoms with E-state index < -0.39 is 15.9 Å². The summed E-state index contributed by atoms with van der Waals surface area (Å²) in [5, 5.41) is 12.3. The Morgan fingerprint density at radius 2 is 1.68 bits per heavy atom. The third-order valence-corrected chi connectivity index (χ3v) is 7.17. The Bertz CT molecular complexity index is 1080. The van der Waals surface area contributed by atoms with Gasteiger partial charge in [0.05, 0.1) is 10.9 Å². The maximum absolute atomic E-state index is 12.8. The van der Waals surface area contributed by atoms with Crippen LogP contribution < -0.4 is 5.32 Å². The zero-order valence-electron chi connectivity index (χ0n) is 17.7. The molecule has 1 amide bonds. The van der Waals surface area contributed by atoms with Gasteiger partial charge in [0.15, 0.2) is 0 Å². The highest BCUT2D eigenvalue weighted by Crippen LogP contribution is 2.19. The van der Waals surface area contributed by atoms with Gasteiger partial charge in [-0.1, -0.05) is 48.0 Å². The van der Waals surface area contributed by atoms with E-state index in [1.165, 1.54) is 10.5 Å². The molecular weight excluding hydrogens is 412 g/mol. The Balaban J connectivity index is 1.62. The van der Waals surface area contributed by atoms with Gasteiger partial charge in [-0.25, -0.2) is 8.42 Å². The molecule has 1 aliphatic heterocycles. The third-order valence-electron chi connectivity index (χ3n) is 5.26. The molecule has 0 spiro atoms. The molecular formula is C23H26N4O3S. The summed E-state index contributed by atoms with van der Waals surface area (Å²) in [7, 11) is -3.56. The second-order valence-corrected chi connectivity index (χ2v) is 9.45. The molecule has 7 nitrogen and oxygen atoms in total. The first-order valence-corrected chi connectivity index (χ1v) is 11.5. The van der Waals surface area contributed by atoms with Crippen molar-refractivity contribution in [3.05, 3.63) is 77.5 Å². The van der Waals surface area contributed by atoms with Crippen LogP contribution in [0.15, 0.2) is 71.3 Å². The molecule has 0 aliphatic carbocycles. The molecule has 1 unspecified atom stereocenters. The van der Waals surface area contributed by atoms with Crippen LogP contribution in [0.4, 0.5) is 0 Å². The van der Waals surface area contributed by atoms with Crippen LogP contribution in [-0.2, 0) is 14.8 Å². The van der Waals surface area contributed by atoms with Crippen LogP contribution in [0.1, 0.15) is 24.1 Å². The molecule has 1 aliphatic rings. The quantitative estimate of drug-likeness (QED) is 0.553. The van der Waals surface area contributed by atoms with Gasteiger partial charge in [-0.2, -0.15) is 9.57 Å². The van der Waals surface area contributed by atoms with E-state index in [0.717, 1.165) is 11.1 Å². The van der Waals surface area contributed by atoms with Crippen LogP contribution in [0.25, 0.3) is 0 Å². The number of amides is 1. The molecule has 8 heteroatoms. The number of carbonyl (C=O) groups is 1. The Morgan fingerprint density at radius 3 is 2.26 bits per heavy atom. The molecule has 2 aromatic carbocycles. The van der Waals surface area contributed by atoms with Crippen molar-refractivity contribution in [2.45, 2.75) is 24.8 Å². The summed E-state index contributed by atoms with van der Waals surface area (Å²) in [6.45, 7) is 5.14. The Labute approximate surface area is 183 Å². The van der Waals surface area contributed by atoms with Gasteiger partial charge in [0.1, 0.15) is 11.6 Å². The zero-order chi connectivity index (χ0) is 22.4. The summed E-state index contributed by atoms with van der Waals surface area (Å²) in [6.07, 6.45) is 1.52. The lowest BCUT2D eigenvalue weighted by atomic mass is 10.1. The molecule has 1 atom stereocenters. The van der Waals surface area contributed by atoms with Gasteiger partial charge < -0.3 is 10.2 Å². The molecule has 1 N–H and O–H groups in total. The van der Waals surface area contributed by atoms with Gasteiger partial charge in [0.25, 0.3) is 5.91 Å². The van der Waals surface area contributed by atoms with Crippen molar-refractivity contribution in [3.63, 3.8) is 0 Å². The fourth-order valence-electron chi connectivity index (χ4n) is 3.35. The van der Waals surface area contributed by atoms with Crippen molar-refractivity contribution in [2.24, 2.45) is 0 Å². The van der Waals surface area contributed by atoms with Crippen LogP contribution in [0.5, 0.6) is 0 Å². The predicted molar refractivity (Wildman–Crippen MR) is 118 cm³/mol. The van der Waals surface area contributed by atoms with Gasteiger partial charge >= 0.3 is 0 Å². The number of benzene rings is 2. The average Bonchev–Trinajstić information content (AvgIpc) is 2.78. The Hall–Kier alpha value is -3.15. The second-order valence-electron chi connectivity index (χ2n) is 7.51. The van der Waals surface area contributed by atoms with E-state index in [-0.39, 0.29) is 29.6 Å². The fourth-order valence-corrected chi connectivity index (χ4v) is 4.77. The van der Waals surface area contributed by atoms with Crippen LogP contribution >= 0.6 is 0 Å². The summed E-state index contributed by atoms with van der Waals surface area (Å²) in [4.78, 5) is 14.6. The van der Waals surface area contributed by atoms with Crippen molar-refractivity contribution < 1.29 is 13.2 Å². The van der Waals surface area contributed by atoms with E-state index in [4.69, 9.17) is 0 Å². The number of nitrogens with one attached hydrogen (secondary N) is 1. The molecule has 0 aromatic heterocycles. The standard InChI is InChI=1S/C23H26N4O3S/c1-18-8-10-22(11-9-18)31(29,30)27-14-12-26(13-15-27)17-21(16-24)23(28)25-19(2)20-6-4-3-5-7-20/h3-11,17,19H,12-15H2,1-2H3,(H,25,28)/b21-17-. The summed E-state index contributed by atoms with van der Waals surface area (Å²) in [5.41, 5.74) is 1.94. The highest BCUT2D eigenvalue weighted by molar-refractivity contribution is 7.89. The van der Waals surface area contributed by atoms with E-state index in [9.17, 15) is 18.5 Å². The minimum Gasteiger partial charge on any atom is -0.373 e. The zero-order valence-corrected chi connectivity index (χ0v) is 18.5. The number of hydrogen-bond acceptors (Lipinski definition) is 5. The van der Waals surface area contributed by atoms with E-state index in [2.05, 4.69) is 5.32 Å². The number of carbonyl (C=O) groups excluding carboxylic acids is 1. The van der Waals surface area contributed by atoms with Gasteiger partial charge in [-0.15, -0.1) is 0 Å². The van der Waals surface area contributed by atoms with E-state index in [1.54, 1.807) is 24.3 Å². The Kier molecular flexibility index (Phi) is 7.10. The van der Waals surface area contributed by atoms with E-state index in [1.807, 2.05) is 55.1 Å². The minimum absolute atomic E-state index is 0.00220. The first-order valence-electron chi connectivity index (χ1n) is 10.1. The van der Waals surface area contributed by atoms with E-state index in [0.29, 0.717) is 13.1 Å². The molecule has 1 saturated heterocycles. The summed E-state index contributed by atoms with van der Waals surface area (Å²) < 4.78 is 27.1. The lowest BCUT2D eigenvalue weighted by molar-refractivity contribution is -0.117. The van der Waals surface area contributed by atoms with Gasteiger partial charge in [-0.05, 0) is 31.5 Å². The lowest BCUT2D eigenvalue weighted by Crippen LogP contribution is -2.47. The van der Waals surface area contributed by atoms with Crippen LogP contribution in [0.3, 0.4) is 0 Å². The van der Waals surface area contributed by atoms with Crippen molar-refractivity contribution in [1.82, 2.24) is 14.5 Å². The molecule has 31 heavy (non-hydrogen) atoms. The first-order chi connectivity index (χ1) is 14.8. The lowest BCUT2D eigenvalue weighted by Gasteiger charge is -2.33. The number of sulfonamides is 1. The molecule has 1 fully saturated rings. The molecule has 3 rings (SSSR count). The average molecular weight is 439 g/mol. The Morgan fingerprint density at radius 1 is 1.06 bits per heavy atom. The van der Waals surface area contributed by atoms with Crippen molar-refractivity contribution in [1.29, 1.82) is 5.26 Å². The number of rotatable bonds is 6. The summed E-state index contributed by atoms with van der Waals surface area (Å²) >= 11 is 0. The SMILES string of the molecule is Cc1ccc(S(=O)(=O)N2CCN(/C=C(/C#N)C(=O)NC(C)c3ccccc3)CC2)cc1. The normalized spacial score (nSPS) is 16.4. The number of nitrogens with zero attached hydrogens (tertiary/aromatic N) is 3. The first kappa shape index (κ1) is 22.5. The molecule has 0 bridgehead atoms. The molecule has 1 heterocycles. The maximum atomic E-state index is 12.8. The minimum atomic E-state index is -3.56. The van der Waals surface area contributed by atoms with E-state index >= 15 is 0 Å². The summed E-state index contributed by atoms with van der Waals surface area (Å²) in [6, 6.07) is 18.0. The number of hydrogen-bond donors (Lipinski definition) is 1. The predicted octanol–water partition coefficient (Wildman–Crippen LogP) is 2.59. The number of nitriles is 1. The highest BCUT2D eigenvalue weighted by atomic mass is 32.2. The third kappa shape index (κ3) is 5.51. The second kappa shape index (κ2) is 9.77. The largest absolute Gasteiger partial charge is 0.373 e. The fraction of sp³-hybridized carbons (Fsp3) is 0.304. The molecule has 0 saturated carbocycles. The van der Waals surface area contributed by atoms with Gasteiger partial charge in [-0.3, -0.25) is 4.79 Å². The topological polar surface area (TPSA) is 93.5 Å². The smallest absolute Gasteiger partial charge is 0.263 e. The monoisotopic (exact) mass is 438 g/mol. The summed E-state index contributed by atoms with van der Waals surface area (Å²) in [5.74, 6) is -0.450. The van der Waals surface area contributed by atoms with Crippen molar-refractivity contribution in [2.75, 3.05) is 26.2 Å². The van der Waals surface area contributed by atoms with Crippen molar-refractivity contribution in [3.8, 4) is 6.07 Å². The molecule has 162 valence electrons. The van der Waals surface area contributed by atoms with Crippen LogP contribution in [-0.4, -0.2) is 49.7 Å². The van der Waals surface area contributed by atoms with Crippen LogP contribution in [0.2, 0.25) is 0 Å². The maximum Gasteiger partial charge on any atom is 0.263 e. The molecule has 0 radical (unpaired) electrons.